The molecule has 0 atom stereocenters. The van der Waals surface area contributed by atoms with E-state index in [0.29, 0.717) is 23.8 Å². The molecule has 0 saturated carbocycles. The first-order chi connectivity index (χ1) is 13.5. The van der Waals surface area contributed by atoms with Gasteiger partial charge >= 0.3 is 0 Å². The van der Waals surface area contributed by atoms with E-state index in [0.717, 1.165) is 36.2 Å². The van der Waals surface area contributed by atoms with Crippen molar-refractivity contribution in [3.63, 3.8) is 0 Å². The zero-order valence-electron chi connectivity index (χ0n) is 16.6. The molecule has 7 heteroatoms. The van der Waals surface area contributed by atoms with Crippen LogP contribution in [0.15, 0.2) is 30.3 Å². The topological polar surface area (TPSA) is 76.0 Å². The molecule has 0 aliphatic rings. The molecule has 2 rings (SSSR count). The van der Waals surface area contributed by atoms with Gasteiger partial charge in [0.2, 0.25) is 5.91 Å². The smallest absolute Gasteiger partial charge is 0.251 e. The van der Waals surface area contributed by atoms with E-state index in [9.17, 15) is 9.59 Å². The summed E-state index contributed by atoms with van der Waals surface area (Å²) in [5.74, 6) is -0.360. The second-order valence-electron chi connectivity index (χ2n) is 6.48. The molecule has 0 bridgehead atoms. The number of hydrogen-bond donors (Lipinski definition) is 2. The molecule has 1 aromatic heterocycles. The molecular weight excluding hydrogens is 376 g/mol. The molecule has 2 aromatic rings. The van der Waals surface area contributed by atoms with Crippen molar-refractivity contribution in [2.75, 3.05) is 6.54 Å². The fourth-order valence-electron chi connectivity index (χ4n) is 2.70. The normalized spacial score (nSPS) is 11.0. The Morgan fingerprint density at radius 3 is 2.75 bits per heavy atom. The Kier molecular flexibility index (Phi) is 8.26. The number of aryl methyl sites for hydroxylation is 2. The number of nitrogens with one attached hydrogen (secondary N) is 2. The summed E-state index contributed by atoms with van der Waals surface area (Å²) in [5.41, 5.74) is 2.98. The molecule has 0 spiro atoms. The SMILES string of the molecule is CCCCn1nc(C)c(/C=C/C(=O)NCc2cccc(C(=O)NCC)c2)c1Cl. The summed E-state index contributed by atoms with van der Waals surface area (Å²) in [6.07, 6.45) is 5.20. The minimum atomic E-state index is -0.236. The van der Waals surface area contributed by atoms with Gasteiger partial charge < -0.3 is 10.6 Å². The van der Waals surface area contributed by atoms with Crippen molar-refractivity contribution in [3.8, 4) is 0 Å². The van der Waals surface area contributed by atoms with Gasteiger partial charge in [-0.05, 0) is 44.0 Å². The van der Waals surface area contributed by atoms with Gasteiger partial charge in [0.1, 0.15) is 5.15 Å². The Hall–Kier alpha value is -2.60. The first-order valence-corrected chi connectivity index (χ1v) is 9.90. The van der Waals surface area contributed by atoms with E-state index in [-0.39, 0.29) is 11.8 Å². The van der Waals surface area contributed by atoms with E-state index in [1.807, 2.05) is 19.9 Å². The van der Waals surface area contributed by atoms with Crippen LogP contribution < -0.4 is 10.6 Å². The van der Waals surface area contributed by atoms with Crippen molar-refractivity contribution in [2.45, 2.75) is 46.7 Å². The van der Waals surface area contributed by atoms with Gasteiger partial charge in [-0.1, -0.05) is 37.1 Å². The maximum atomic E-state index is 12.2. The van der Waals surface area contributed by atoms with Gasteiger partial charge in [0.05, 0.1) is 5.69 Å². The minimum absolute atomic E-state index is 0.124. The average molecular weight is 403 g/mol. The van der Waals surface area contributed by atoms with Gasteiger partial charge in [-0.2, -0.15) is 5.10 Å². The molecular formula is C21H27ClN4O2. The van der Waals surface area contributed by atoms with Crippen LogP contribution in [0.25, 0.3) is 6.08 Å². The number of carbonyl (C=O) groups excluding carboxylic acids is 2. The summed E-state index contributed by atoms with van der Waals surface area (Å²) in [7, 11) is 0. The van der Waals surface area contributed by atoms with E-state index in [4.69, 9.17) is 11.6 Å². The second kappa shape index (κ2) is 10.7. The molecule has 2 amide bonds. The van der Waals surface area contributed by atoms with E-state index in [1.54, 1.807) is 29.0 Å². The largest absolute Gasteiger partial charge is 0.352 e. The summed E-state index contributed by atoms with van der Waals surface area (Å²) < 4.78 is 1.77. The van der Waals surface area contributed by atoms with Crippen molar-refractivity contribution in [1.29, 1.82) is 0 Å². The number of aromatic nitrogens is 2. The van der Waals surface area contributed by atoms with Crippen LogP contribution in [0, 0.1) is 6.92 Å². The number of hydrogen-bond acceptors (Lipinski definition) is 3. The van der Waals surface area contributed by atoms with Crippen molar-refractivity contribution in [2.24, 2.45) is 0 Å². The van der Waals surface area contributed by atoms with Crippen LogP contribution in [0.3, 0.4) is 0 Å². The molecule has 0 radical (unpaired) electrons. The lowest BCUT2D eigenvalue weighted by Crippen LogP contribution is -2.23. The first kappa shape index (κ1) is 21.7. The Bertz CT molecular complexity index is 858. The number of halogens is 1. The monoisotopic (exact) mass is 402 g/mol. The van der Waals surface area contributed by atoms with Crippen LogP contribution in [0.1, 0.15) is 53.9 Å². The summed E-state index contributed by atoms with van der Waals surface area (Å²) in [5, 5.41) is 10.5. The molecule has 0 aliphatic carbocycles. The van der Waals surface area contributed by atoms with Crippen LogP contribution in [0.5, 0.6) is 0 Å². The van der Waals surface area contributed by atoms with Gasteiger partial charge in [0, 0.05) is 36.8 Å². The molecule has 0 saturated heterocycles. The van der Waals surface area contributed by atoms with Crippen LogP contribution in [0.2, 0.25) is 5.15 Å². The molecule has 6 nitrogen and oxygen atoms in total. The number of nitrogens with zero attached hydrogens (tertiary/aromatic N) is 2. The Labute approximate surface area is 171 Å². The zero-order chi connectivity index (χ0) is 20.5. The van der Waals surface area contributed by atoms with Gasteiger partial charge in [0.15, 0.2) is 0 Å². The van der Waals surface area contributed by atoms with Crippen molar-refractivity contribution in [1.82, 2.24) is 20.4 Å². The van der Waals surface area contributed by atoms with Crippen molar-refractivity contribution >= 4 is 29.5 Å². The van der Waals surface area contributed by atoms with Crippen molar-refractivity contribution in [3.05, 3.63) is 57.9 Å². The Morgan fingerprint density at radius 2 is 2.04 bits per heavy atom. The van der Waals surface area contributed by atoms with Crippen LogP contribution in [-0.2, 0) is 17.9 Å². The summed E-state index contributed by atoms with van der Waals surface area (Å²) in [4.78, 5) is 24.1. The predicted octanol–water partition coefficient (Wildman–Crippen LogP) is 3.72. The van der Waals surface area contributed by atoms with E-state index >= 15 is 0 Å². The number of carbonyl (C=O) groups is 2. The van der Waals surface area contributed by atoms with E-state index in [2.05, 4.69) is 22.7 Å². The van der Waals surface area contributed by atoms with E-state index in [1.165, 1.54) is 6.08 Å². The lowest BCUT2D eigenvalue weighted by molar-refractivity contribution is -0.116. The van der Waals surface area contributed by atoms with Gasteiger partial charge in [-0.25, -0.2) is 0 Å². The minimum Gasteiger partial charge on any atom is -0.352 e. The quantitative estimate of drug-likeness (QED) is 0.627. The number of rotatable bonds is 9. The lowest BCUT2D eigenvalue weighted by atomic mass is 10.1. The predicted molar refractivity (Wildman–Crippen MR) is 112 cm³/mol. The maximum Gasteiger partial charge on any atom is 0.251 e. The molecule has 0 fully saturated rings. The lowest BCUT2D eigenvalue weighted by Gasteiger charge is -2.06. The third kappa shape index (κ3) is 5.96. The standard InChI is InChI=1S/C21H27ClN4O2/c1-4-6-12-26-20(22)18(15(3)25-26)10-11-19(27)24-14-16-8-7-9-17(13-16)21(28)23-5-2/h7-11,13H,4-6,12,14H2,1-3H3,(H,23,28)(H,24,27)/b11-10+. The summed E-state index contributed by atoms with van der Waals surface area (Å²) in [6, 6.07) is 7.19. The molecule has 0 unspecified atom stereocenters. The Morgan fingerprint density at radius 1 is 1.25 bits per heavy atom. The molecule has 2 N–H and O–H groups in total. The van der Waals surface area contributed by atoms with Crippen LogP contribution >= 0.6 is 11.6 Å². The highest BCUT2D eigenvalue weighted by Crippen LogP contribution is 2.21. The first-order valence-electron chi connectivity index (χ1n) is 9.52. The summed E-state index contributed by atoms with van der Waals surface area (Å²) >= 11 is 6.37. The van der Waals surface area contributed by atoms with E-state index < -0.39 is 0 Å². The zero-order valence-corrected chi connectivity index (χ0v) is 17.3. The third-order valence-electron chi connectivity index (χ3n) is 4.23. The molecule has 28 heavy (non-hydrogen) atoms. The summed E-state index contributed by atoms with van der Waals surface area (Å²) in [6.45, 7) is 7.52. The van der Waals surface area contributed by atoms with Crippen LogP contribution in [-0.4, -0.2) is 28.1 Å². The molecule has 1 heterocycles. The van der Waals surface area contributed by atoms with Gasteiger partial charge in [0.25, 0.3) is 5.91 Å². The number of amides is 2. The second-order valence-corrected chi connectivity index (χ2v) is 6.84. The molecule has 1 aromatic carbocycles. The highest BCUT2D eigenvalue weighted by atomic mass is 35.5. The maximum absolute atomic E-state index is 12.2. The fourth-order valence-corrected chi connectivity index (χ4v) is 3.03. The van der Waals surface area contributed by atoms with Gasteiger partial charge in [-0.3, -0.25) is 14.3 Å². The number of benzene rings is 1. The van der Waals surface area contributed by atoms with Crippen LogP contribution in [0.4, 0.5) is 0 Å². The third-order valence-corrected chi connectivity index (χ3v) is 4.63. The van der Waals surface area contributed by atoms with Crippen molar-refractivity contribution < 1.29 is 9.59 Å². The fraction of sp³-hybridized carbons (Fsp3) is 0.381. The Balaban J connectivity index is 1.97. The molecule has 0 aliphatic heterocycles. The van der Waals surface area contributed by atoms with Gasteiger partial charge in [-0.15, -0.1) is 0 Å². The molecule has 150 valence electrons. The highest BCUT2D eigenvalue weighted by molar-refractivity contribution is 6.31. The number of unbranched alkanes of at least 4 members (excludes halogenated alkanes) is 1. The highest BCUT2D eigenvalue weighted by Gasteiger charge is 2.11. The average Bonchev–Trinajstić information content (AvgIpc) is 2.96.